The van der Waals surface area contributed by atoms with Crippen LogP contribution in [0.15, 0.2) is 0 Å². The van der Waals surface area contributed by atoms with Crippen molar-refractivity contribution < 1.29 is 5.11 Å². The average Bonchev–Trinajstić information content (AvgIpc) is 2.72. The summed E-state index contributed by atoms with van der Waals surface area (Å²) in [5.74, 6) is 0. The number of hydrogen-bond donors (Lipinski definition) is 2. The molecule has 14 heavy (non-hydrogen) atoms. The Bertz CT molecular complexity index is 146. The first-order valence-electron chi connectivity index (χ1n) is 5.90. The zero-order valence-electron chi connectivity index (χ0n) is 9.28. The van der Waals surface area contributed by atoms with E-state index < -0.39 is 0 Å². The molecule has 3 heteroatoms. The van der Waals surface area contributed by atoms with Crippen molar-refractivity contribution in [3.63, 3.8) is 0 Å². The predicted molar refractivity (Wildman–Crippen MR) is 59.2 cm³/mol. The third kappa shape index (κ3) is 3.56. The number of hydrogen-bond acceptors (Lipinski definition) is 3. The number of aliphatic hydroxyl groups is 1. The topological polar surface area (TPSA) is 49.5 Å². The van der Waals surface area contributed by atoms with E-state index in [0.29, 0.717) is 6.54 Å². The van der Waals surface area contributed by atoms with E-state index in [1.54, 1.807) is 0 Å². The van der Waals surface area contributed by atoms with E-state index in [2.05, 4.69) is 11.8 Å². The van der Waals surface area contributed by atoms with Crippen LogP contribution in [-0.4, -0.2) is 41.8 Å². The van der Waals surface area contributed by atoms with Gasteiger partial charge in [-0.05, 0) is 25.8 Å². The molecule has 0 amide bonds. The van der Waals surface area contributed by atoms with Crippen LogP contribution in [0.3, 0.4) is 0 Å². The molecule has 1 unspecified atom stereocenters. The quantitative estimate of drug-likeness (QED) is 0.671. The summed E-state index contributed by atoms with van der Waals surface area (Å²) < 4.78 is 0. The van der Waals surface area contributed by atoms with E-state index in [0.717, 1.165) is 25.6 Å². The van der Waals surface area contributed by atoms with Crippen molar-refractivity contribution >= 4 is 0 Å². The highest BCUT2D eigenvalue weighted by atomic mass is 16.3. The summed E-state index contributed by atoms with van der Waals surface area (Å²) in [7, 11) is 0. The fraction of sp³-hybridized carbons (Fsp3) is 1.00. The molecule has 0 aromatic heterocycles. The molecule has 3 nitrogen and oxygen atoms in total. The Morgan fingerprint density at radius 3 is 2.57 bits per heavy atom. The molecule has 0 heterocycles. The minimum absolute atomic E-state index is 0.314. The van der Waals surface area contributed by atoms with Gasteiger partial charge in [0, 0.05) is 19.1 Å². The second kappa shape index (κ2) is 6.38. The summed E-state index contributed by atoms with van der Waals surface area (Å²) in [6, 6.07) is 0.768. The van der Waals surface area contributed by atoms with Crippen LogP contribution in [0.1, 0.15) is 39.0 Å². The maximum absolute atomic E-state index is 9.39. The fourth-order valence-corrected chi connectivity index (χ4v) is 2.30. The number of nitrogens with two attached hydrogens (primary N) is 1. The lowest BCUT2D eigenvalue weighted by atomic mass is 10.1. The van der Waals surface area contributed by atoms with Crippen molar-refractivity contribution in [2.45, 2.75) is 51.2 Å². The monoisotopic (exact) mass is 200 g/mol. The first kappa shape index (κ1) is 12.0. The molecule has 1 aliphatic carbocycles. The molecule has 0 aromatic rings. The lowest BCUT2D eigenvalue weighted by Crippen LogP contribution is -2.36. The molecule has 0 bridgehead atoms. The zero-order chi connectivity index (χ0) is 10.4. The van der Waals surface area contributed by atoms with Gasteiger partial charge in [0.05, 0.1) is 6.10 Å². The summed E-state index contributed by atoms with van der Waals surface area (Å²) >= 11 is 0. The summed E-state index contributed by atoms with van der Waals surface area (Å²) in [5, 5.41) is 9.39. The predicted octanol–water partition coefficient (Wildman–Crippen LogP) is 0.961. The number of aliphatic hydroxyl groups excluding tert-OH is 1. The van der Waals surface area contributed by atoms with Crippen LogP contribution in [0.25, 0.3) is 0 Å². The van der Waals surface area contributed by atoms with E-state index >= 15 is 0 Å². The van der Waals surface area contributed by atoms with Gasteiger partial charge in [0.1, 0.15) is 0 Å². The van der Waals surface area contributed by atoms with Crippen LogP contribution in [0.2, 0.25) is 0 Å². The largest absolute Gasteiger partial charge is 0.392 e. The van der Waals surface area contributed by atoms with Gasteiger partial charge in [0.25, 0.3) is 0 Å². The van der Waals surface area contributed by atoms with Gasteiger partial charge in [-0.3, -0.25) is 0 Å². The number of rotatable bonds is 6. The Morgan fingerprint density at radius 1 is 1.43 bits per heavy atom. The van der Waals surface area contributed by atoms with Gasteiger partial charge in [-0.1, -0.05) is 19.8 Å². The summed E-state index contributed by atoms with van der Waals surface area (Å²) in [4.78, 5) is 2.49. The first-order chi connectivity index (χ1) is 6.77. The zero-order valence-corrected chi connectivity index (χ0v) is 9.28. The Hall–Kier alpha value is -0.120. The fourth-order valence-electron chi connectivity index (χ4n) is 2.30. The van der Waals surface area contributed by atoms with E-state index in [1.165, 1.54) is 25.7 Å². The molecule has 0 aliphatic heterocycles. The molecule has 0 saturated heterocycles. The van der Waals surface area contributed by atoms with Crippen molar-refractivity contribution in [3.8, 4) is 0 Å². The van der Waals surface area contributed by atoms with Crippen LogP contribution in [-0.2, 0) is 0 Å². The summed E-state index contributed by atoms with van der Waals surface area (Å²) in [6.07, 6.45) is 5.94. The molecule has 1 atom stereocenters. The van der Waals surface area contributed by atoms with Gasteiger partial charge in [0.2, 0.25) is 0 Å². The van der Waals surface area contributed by atoms with Crippen LogP contribution in [0, 0.1) is 0 Å². The maximum atomic E-state index is 9.39. The average molecular weight is 200 g/mol. The SMILES string of the molecule is CCN(CCC(O)CN)C1CCCC1. The highest BCUT2D eigenvalue weighted by Gasteiger charge is 2.21. The second-order valence-corrected chi connectivity index (χ2v) is 4.25. The van der Waals surface area contributed by atoms with E-state index in [-0.39, 0.29) is 6.10 Å². The van der Waals surface area contributed by atoms with Crippen LogP contribution < -0.4 is 5.73 Å². The minimum atomic E-state index is -0.314. The standard InChI is InChI=1S/C11H24N2O/c1-2-13(8-7-11(14)9-12)10-5-3-4-6-10/h10-11,14H,2-9,12H2,1H3. The van der Waals surface area contributed by atoms with Gasteiger partial charge < -0.3 is 15.7 Å². The molecule has 0 aromatic carbocycles. The van der Waals surface area contributed by atoms with Gasteiger partial charge in [0.15, 0.2) is 0 Å². The van der Waals surface area contributed by atoms with Gasteiger partial charge in [-0.2, -0.15) is 0 Å². The molecule has 1 saturated carbocycles. The molecule has 1 fully saturated rings. The molecule has 0 spiro atoms. The van der Waals surface area contributed by atoms with Crippen molar-refractivity contribution in [2.75, 3.05) is 19.6 Å². The van der Waals surface area contributed by atoms with Crippen LogP contribution >= 0.6 is 0 Å². The second-order valence-electron chi connectivity index (χ2n) is 4.25. The molecule has 1 rings (SSSR count). The van der Waals surface area contributed by atoms with Gasteiger partial charge in [-0.25, -0.2) is 0 Å². The lowest BCUT2D eigenvalue weighted by Gasteiger charge is -2.28. The highest BCUT2D eigenvalue weighted by molar-refractivity contribution is 4.77. The van der Waals surface area contributed by atoms with Crippen LogP contribution in [0.4, 0.5) is 0 Å². The van der Waals surface area contributed by atoms with Crippen molar-refractivity contribution in [2.24, 2.45) is 5.73 Å². The van der Waals surface area contributed by atoms with Crippen molar-refractivity contribution in [1.29, 1.82) is 0 Å². The minimum Gasteiger partial charge on any atom is -0.392 e. The Morgan fingerprint density at radius 2 is 2.07 bits per heavy atom. The third-order valence-electron chi connectivity index (χ3n) is 3.27. The Balaban J connectivity index is 2.23. The van der Waals surface area contributed by atoms with Crippen molar-refractivity contribution in [3.05, 3.63) is 0 Å². The maximum Gasteiger partial charge on any atom is 0.0674 e. The van der Waals surface area contributed by atoms with E-state index in [9.17, 15) is 5.11 Å². The molecule has 0 radical (unpaired) electrons. The summed E-state index contributed by atoms with van der Waals surface area (Å²) in [5.41, 5.74) is 5.38. The van der Waals surface area contributed by atoms with Crippen molar-refractivity contribution in [1.82, 2.24) is 4.90 Å². The summed E-state index contributed by atoms with van der Waals surface area (Å²) in [6.45, 7) is 4.69. The van der Waals surface area contributed by atoms with Gasteiger partial charge >= 0.3 is 0 Å². The third-order valence-corrected chi connectivity index (χ3v) is 3.27. The first-order valence-corrected chi connectivity index (χ1v) is 5.90. The molecule has 84 valence electrons. The highest BCUT2D eigenvalue weighted by Crippen LogP contribution is 2.23. The van der Waals surface area contributed by atoms with E-state index in [1.807, 2.05) is 0 Å². The number of nitrogens with zero attached hydrogens (tertiary/aromatic N) is 1. The molecule has 1 aliphatic rings. The Kier molecular flexibility index (Phi) is 5.45. The normalized spacial score (nSPS) is 20.6. The van der Waals surface area contributed by atoms with Crippen LogP contribution in [0.5, 0.6) is 0 Å². The molecular formula is C11H24N2O. The lowest BCUT2D eigenvalue weighted by molar-refractivity contribution is 0.131. The smallest absolute Gasteiger partial charge is 0.0674 e. The molecular weight excluding hydrogens is 176 g/mol. The Labute approximate surface area is 87.3 Å². The van der Waals surface area contributed by atoms with Gasteiger partial charge in [-0.15, -0.1) is 0 Å². The molecule has 3 N–H and O–H groups in total. The van der Waals surface area contributed by atoms with E-state index in [4.69, 9.17) is 5.73 Å².